The third-order valence-corrected chi connectivity index (χ3v) is 2.80. The van der Waals surface area contributed by atoms with Crippen LogP contribution in [-0.4, -0.2) is 6.54 Å². The van der Waals surface area contributed by atoms with E-state index in [0.29, 0.717) is 23.1 Å². The second-order valence-electron chi connectivity index (χ2n) is 4.33. The lowest BCUT2D eigenvalue weighted by atomic mass is 9.96. The summed E-state index contributed by atoms with van der Waals surface area (Å²) in [5.41, 5.74) is 0.577. The second kappa shape index (κ2) is 5.54. The van der Waals surface area contributed by atoms with Gasteiger partial charge >= 0.3 is 0 Å². The van der Waals surface area contributed by atoms with Crippen LogP contribution in [0.5, 0.6) is 0 Å². The molecule has 0 spiro atoms. The van der Waals surface area contributed by atoms with Crippen molar-refractivity contribution >= 4 is 23.2 Å². The molecule has 0 radical (unpaired) electrons. The molecule has 0 fully saturated rings. The maximum Gasteiger partial charge on any atom is 0.0697 e. The van der Waals surface area contributed by atoms with Crippen molar-refractivity contribution in [3.63, 3.8) is 0 Å². The predicted octanol–water partition coefficient (Wildman–Crippen LogP) is 3.63. The Labute approximate surface area is 106 Å². The van der Waals surface area contributed by atoms with Gasteiger partial charge in [0.05, 0.1) is 11.5 Å². The van der Waals surface area contributed by atoms with Crippen LogP contribution < -0.4 is 5.32 Å². The molecule has 2 nitrogen and oxygen atoms in total. The minimum Gasteiger partial charge on any atom is -0.311 e. The van der Waals surface area contributed by atoms with Gasteiger partial charge in [-0.25, -0.2) is 0 Å². The lowest BCUT2D eigenvalue weighted by Gasteiger charge is -2.16. The molecule has 0 heterocycles. The highest BCUT2D eigenvalue weighted by atomic mass is 35.5. The zero-order valence-corrected chi connectivity index (χ0v) is 10.9. The average molecular weight is 257 g/mol. The zero-order chi connectivity index (χ0) is 12.2. The van der Waals surface area contributed by atoms with Crippen LogP contribution in [0.15, 0.2) is 18.2 Å². The predicted molar refractivity (Wildman–Crippen MR) is 67.6 cm³/mol. The van der Waals surface area contributed by atoms with Gasteiger partial charge in [-0.2, -0.15) is 5.26 Å². The molecule has 1 rings (SSSR count). The van der Waals surface area contributed by atoms with Gasteiger partial charge in [0.2, 0.25) is 0 Å². The second-order valence-corrected chi connectivity index (χ2v) is 5.18. The minimum absolute atomic E-state index is 0.370. The number of nitriles is 1. The van der Waals surface area contributed by atoms with Gasteiger partial charge in [0, 0.05) is 23.1 Å². The fourth-order valence-corrected chi connectivity index (χ4v) is 1.61. The van der Waals surface area contributed by atoms with E-state index in [2.05, 4.69) is 11.4 Å². The highest BCUT2D eigenvalue weighted by Gasteiger charge is 2.15. The Morgan fingerprint density at radius 2 is 2.06 bits per heavy atom. The first kappa shape index (κ1) is 13.3. The molecular formula is C12H14Cl2N2. The lowest BCUT2D eigenvalue weighted by Crippen LogP contribution is -2.27. The monoisotopic (exact) mass is 256 g/mol. The average Bonchev–Trinajstić information content (AvgIpc) is 2.23. The largest absolute Gasteiger partial charge is 0.311 e. The van der Waals surface area contributed by atoms with Crippen LogP contribution >= 0.6 is 23.2 Å². The van der Waals surface area contributed by atoms with Crippen LogP contribution in [0.25, 0.3) is 0 Å². The number of hydrogen-bond donors (Lipinski definition) is 1. The molecule has 16 heavy (non-hydrogen) atoms. The van der Waals surface area contributed by atoms with E-state index >= 15 is 0 Å². The van der Waals surface area contributed by atoms with Crippen LogP contribution in [0.2, 0.25) is 10.0 Å². The van der Waals surface area contributed by atoms with Crippen molar-refractivity contribution in [2.24, 2.45) is 5.41 Å². The summed E-state index contributed by atoms with van der Waals surface area (Å²) in [6.07, 6.45) is 0. The zero-order valence-electron chi connectivity index (χ0n) is 9.35. The van der Waals surface area contributed by atoms with Crippen molar-refractivity contribution in [3.05, 3.63) is 33.8 Å². The van der Waals surface area contributed by atoms with Crippen molar-refractivity contribution in [1.82, 2.24) is 5.32 Å². The Morgan fingerprint density at radius 1 is 1.38 bits per heavy atom. The quantitative estimate of drug-likeness (QED) is 0.893. The number of rotatable bonds is 4. The first-order chi connectivity index (χ1) is 7.44. The summed E-state index contributed by atoms with van der Waals surface area (Å²) in [6.45, 7) is 5.01. The van der Waals surface area contributed by atoms with Gasteiger partial charge in [0.1, 0.15) is 0 Å². The number of nitrogens with one attached hydrogen (secondary N) is 1. The van der Waals surface area contributed by atoms with Gasteiger partial charge in [0.25, 0.3) is 0 Å². The van der Waals surface area contributed by atoms with E-state index in [1.54, 1.807) is 12.1 Å². The lowest BCUT2D eigenvalue weighted by molar-refractivity contribution is 0.445. The first-order valence-corrected chi connectivity index (χ1v) is 5.76. The van der Waals surface area contributed by atoms with E-state index in [1.165, 1.54) is 0 Å². The van der Waals surface area contributed by atoms with E-state index < -0.39 is 0 Å². The smallest absolute Gasteiger partial charge is 0.0697 e. The molecule has 1 aromatic carbocycles. The third-order valence-electron chi connectivity index (χ3n) is 2.19. The maximum absolute atomic E-state index is 8.85. The summed E-state index contributed by atoms with van der Waals surface area (Å²) in [5.74, 6) is 0. The maximum atomic E-state index is 8.85. The Balaban J connectivity index is 2.56. The topological polar surface area (TPSA) is 35.8 Å². The number of nitrogens with zero attached hydrogens (tertiary/aromatic N) is 1. The molecule has 0 saturated carbocycles. The minimum atomic E-state index is -0.370. The van der Waals surface area contributed by atoms with Gasteiger partial charge in [-0.1, -0.05) is 23.2 Å². The molecule has 0 saturated heterocycles. The summed E-state index contributed by atoms with van der Waals surface area (Å²) >= 11 is 11.9. The molecule has 0 amide bonds. The van der Waals surface area contributed by atoms with E-state index in [9.17, 15) is 0 Å². The number of halogens is 2. The standard InChI is InChI=1S/C12H14Cl2N2/c1-12(2,7-15)8-16-6-9-5-10(13)3-4-11(9)14/h3-5,16H,6,8H2,1-2H3. The molecule has 0 aliphatic heterocycles. The van der Waals surface area contributed by atoms with E-state index in [4.69, 9.17) is 28.5 Å². The fourth-order valence-electron chi connectivity index (χ4n) is 1.23. The summed E-state index contributed by atoms with van der Waals surface area (Å²) in [6, 6.07) is 7.59. The first-order valence-electron chi connectivity index (χ1n) is 5.00. The van der Waals surface area contributed by atoms with Crippen molar-refractivity contribution in [3.8, 4) is 6.07 Å². The molecule has 4 heteroatoms. The molecule has 0 unspecified atom stereocenters. The van der Waals surface area contributed by atoms with Gasteiger partial charge < -0.3 is 5.32 Å². The SMILES string of the molecule is CC(C)(C#N)CNCc1cc(Cl)ccc1Cl. The van der Waals surface area contributed by atoms with Crippen molar-refractivity contribution in [2.45, 2.75) is 20.4 Å². The van der Waals surface area contributed by atoms with Crippen molar-refractivity contribution in [2.75, 3.05) is 6.54 Å². The number of hydrogen-bond acceptors (Lipinski definition) is 2. The summed E-state index contributed by atoms with van der Waals surface area (Å²) in [4.78, 5) is 0. The molecular weight excluding hydrogens is 243 g/mol. The fraction of sp³-hybridized carbons (Fsp3) is 0.417. The van der Waals surface area contributed by atoms with Crippen LogP contribution in [0.4, 0.5) is 0 Å². The molecule has 0 aliphatic carbocycles. The van der Waals surface area contributed by atoms with Crippen LogP contribution in [0.1, 0.15) is 19.4 Å². The molecule has 0 aliphatic rings. The molecule has 1 aromatic rings. The molecule has 0 aromatic heterocycles. The highest BCUT2D eigenvalue weighted by Crippen LogP contribution is 2.20. The van der Waals surface area contributed by atoms with Crippen LogP contribution in [0.3, 0.4) is 0 Å². The molecule has 86 valence electrons. The third kappa shape index (κ3) is 4.02. The Hall–Kier alpha value is -0.750. The summed E-state index contributed by atoms with van der Waals surface area (Å²) < 4.78 is 0. The Morgan fingerprint density at radius 3 is 2.69 bits per heavy atom. The summed E-state index contributed by atoms with van der Waals surface area (Å²) in [5, 5.41) is 13.4. The van der Waals surface area contributed by atoms with Gasteiger partial charge in [-0.05, 0) is 37.6 Å². The van der Waals surface area contributed by atoms with E-state index in [1.807, 2.05) is 19.9 Å². The van der Waals surface area contributed by atoms with Gasteiger partial charge in [-0.15, -0.1) is 0 Å². The van der Waals surface area contributed by atoms with Crippen LogP contribution in [-0.2, 0) is 6.54 Å². The van der Waals surface area contributed by atoms with Gasteiger partial charge in [-0.3, -0.25) is 0 Å². The van der Waals surface area contributed by atoms with Crippen molar-refractivity contribution < 1.29 is 0 Å². The summed E-state index contributed by atoms with van der Waals surface area (Å²) in [7, 11) is 0. The molecule has 1 N–H and O–H groups in total. The molecule has 0 atom stereocenters. The van der Waals surface area contributed by atoms with E-state index in [0.717, 1.165) is 5.56 Å². The van der Waals surface area contributed by atoms with E-state index in [-0.39, 0.29) is 5.41 Å². The highest BCUT2D eigenvalue weighted by molar-refractivity contribution is 6.33. The Bertz CT molecular complexity index is 408. The molecule has 0 bridgehead atoms. The van der Waals surface area contributed by atoms with Gasteiger partial charge in [0.15, 0.2) is 0 Å². The number of benzene rings is 1. The normalized spacial score (nSPS) is 11.2. The van der Waals surface area contributed by atoms with Crippen LogP contribution in [0, 0.1) is 16.7 Å². The Kier molecular flexibility index (Phi) is 4.61. The van der Waals surface area contributed by atoms with Crippen molar-refractivity contribution in [1.29, 1.82) is 5.26 Å².